The summed E-state index contributed by atoms with van der Waals surface area (Å²) in [6, 6.07) is 0. The van der Waals surface area contributed by atoms with E-state index in [0.717, 1.165) is 38.9 Å². The Kier molecular flexibility index (Phi) is 12.9. The third-order valence-corrected chi connectivity index (χ3v) is 2.83. The van der Waals surface area contributed by atoms with Gasteiger partial charge in [-0.05, 0) is 25.9 Å². The van der Waals surface area contributed by atoms with Gasteiger partial charge in [-0.2, -0.15) is 0 Å². The lowest BCUT2D eigenvalue weighted by Crippen LogP contribution is -2.28. The molecule has 0 heterocycles. The van der Waals surface area contributed by atoms with Gasteiger partial charge in [-0.25, -0.2) is 0 Å². The van der Waals surface area contributed by atoms with Crippen LogP contribution in [0.1, 0.15) is 58.3 Å². The number of nitrogens with one attached hydrogen (secondary N) is 1. The van der Waals surface area contributed by atoms with Crippen LogP contribution in [0.5, 0.6) is 0 Å². The molecule has 0 aromatic carbocycles. The SMILES string of the molecule is CCCCCCCCC(O)CNCCCN. The lowest BCUT2D eigenvalue weighted by atomic mass is 10.1. The van der Waals surface area contributed by atoms with Gasteiger partial charge in [0.05, 0.1) is 6.10 Å². The van der Waals surface area contributed by atoms with Crippen LogP contribution >= 0.6 is 0 Å². The van der Waals surface area contributed by atoms with Gasteiger partial charge < -0.3 is 16.2 Å². The van der Waals surface area contributed by atoms with Crippen LogP contribution in [-0.2, 0) is 0 Å². The quantitative estimate of drug-likeness (QED) is 0.450. The molecule has 0 aromatic heterocycles. The number of rotatable bonds is 12. The second kappa shape index (κ2) is 12.9. The monoisotopic (exact) mass is 230 g/mol. The Morgan fingerprint density at radius 3 is 2.44 bits per heavy atom. The largest absolute Gasteiger partial charge is 0.392 e. The van der Waals surface area contributed by atoms with E-state index in [1.807, 2.05) is 0 Å². The van der Waals surface area contributed by atoms with Crippen molar-refractivity contribution in [3.63, 3.8) is 0 Å². The molecule has 0 fully saturated rings. The summed E-state index contributed by atoms with van der Waals surface area (Å²) in [7, 11) is 0. The highest BCUT2D eigenvalue weighted by Gasteiger charge is 2.02. The first-order chi connectivity index (χ1) is 7.81. The van der Waals surface area contributed by atoms with E-state index in [9.17, 15) is 5.11 Å². The first-order valence-corrected chi connectivity index (χ1v) is 6.90. The third-order valence-electron chi connectivity index (χ3n) is 2.83. The maximum absolute atomic E-state index is 9.66. The minimum Gasteiger partial charge on any atom is -0.392 e. The van der Waals surface area contributed by atoms with E-state index in [-0.39, 0.29) is 6.10 Å². The molecule has 0 spiro atoms. The van der Waals surface area contributed by atoms with Crippen LogP contribution in [-0.4, -0.2) is 30.8 Å². The molecule has 0 amide bonds. The number of aliphatic hydroxyl groups excluding tert-OH is 1. The summed E-state index contributed by atoms with van der Waals surface area (Å²) < 4.78 is 0. The minimum atomic E-state index is -0.177. The highest BCUT2D eigenvalue weighted by atomic mass is 16.3. The van der Waals surface area contributed by atoms with Crippen LogP contribution in [0.4, 0.5) is 0 Å². The van der Waals surface area contributed by atoms with E-state index >= 15 is 0 Å². The van der Waals surface area contributed by atoms with Gasteiger partial charge in [-0.3, -0.25) is 0 Å². The van der Waals surface area contributed by atoms with Crippen molar-refractivity contribution < 1.29 is 5.11 Å². The van der Waals surface area contributed by atoms with Gasteiger partial charge in [0.2, 0.25) is 0 Å². The van der Waals surface area contributed by atoms with Gasteiger partial charge >= 0.3 is 0 Å². The van der Waals surface area contributed by atoms with Crippen LogP contribution in [0.3, 0.4) is 0 Å². The molecule has 0 saturated heterocycles. The fourth-order valence-corrected chi connectivity index (χ4v) is 1.76. The zero-order chi connectivity index (χ0) is 12.1. The van der Waals surface area contributed by atoms with Gasteiger partial charge in [0, 0.05) is 6.54 Å². The van der Waals surface area contributed by atoms with Crippen LogP contribution in [0.25, 0.3) is 0 Å². The van der Waals surface area contributed by atoms with Crippen molar-refractivity contribution in [2.24, 2.45) is 5.73 Å². The molecule has 0 radical (unpaired) electrons. The molecular formula is C13H30N2O. The molecule has 3 heteroatoms. The molecule has 0 aromatic rings. The number of hydrogen-bond acceptors (Lipinski definition) is 3. The summed E-state index contributed by atoms with van der Waals surface area (Å²) in [6.45, 7) is 4.59. The summed E-state index contributed by atoms with van der Waals surface area (Å²) in [4.78, 5) is 0. The van der Waals surface area contributed by atoms with Crippen molar-refractivity contribution >= 4 is 0 Å². The summed E-state index contributed by atoms with van der Waals surface area (Å²) in [5.74, 6) is 0. The molecule has 0 aliphatic rings. The average molecular weight is 230 g/mol. The number of aliphatic hydroxyl groups is 1. The van der Waals surface area contributed by atoms with Crippen molar-refractivity contribution in [3.8, 4) is 0 Å². The molecule has 16 heavy (non-hydrogen) atoms. The second-order valence-corrected chi connectivity index (χ2v) is 4.56. The number of hydrogen-bond donors (Lipinski definition) is 3. The van der Waals surface area contributed by atoms with Crippen molar-refractivity contribution in [1.29, 1.82) is 0 Å². The van der Waals surface area contributed by atoms with E-state index < -0.39 is 0 Å². The Morgan fingerprint density at radius 2 is 1.75 bits per heavy atom. The summed E-state index contributed by atoms with van der Waals surface area (Å²) >= 11 is 0. The standard InChI is InChI=1S/C13H30N2O/c1-2-3-4-5-6-7-9-13(16)12-15-11-8-10-14/h13,15-16H,2-12,14H2,1H3. The highest BCUT2D eigenvalue weighted by molar-refractivity contribution is 4.60. The van der Waals surface area contributed by atoms with Crippen molar-refractivity contribution in [2.75, 3.05) is 19.6 Å². The number of unbranched alkanes of at least 4 members (excludes halogenated alkanes) is 5. The van der Waals surface area contributed by atoms with Gasteiger partial charge in [0.25, 0.3) is 0 Å². The Morgan fingerprint density at radius 1 is 1.06 bits per heavy atom. The van der Waals surface area contributed by atoms with Crippen molar-refractivity contribution in [3.05, 3.63) is 0 Å². The zero-order valence-corrected chi connectivity index (χ0v) is 10.9. The molecule has 0 bridgehead atoms. The second-order valence-electron chi connectivity index (χ2n) is 4.56. The normalized spacial score (nSPS) is 12.9. The Hall–Kier alpha value is -0.120. The molecule has 1 unspecified atom stereocenters. The lowest BCUT2D eigenvalue weighted by Gasteiger charge is -2.11. The molecule has 3 nitrogen and oxygen atoms in total. The highest BCUT2D eigenvalue weighted by Crippen LogP contribution is 2.08. The topological polar surface area (TPSA) is 58.3 Å². The Labute approximate surface area is 101 Å². The van der Waals surface area contributed by atoms with E-state index in [2.05, 4.69) is 12.2 Å². The van der Waals surface area contributed by atoms with Gasteiger partial charge in [0.1, 0.15) is 0 Å². The first kappa shape index (κ1) is 15.9. The lowest BCUT2D eigenvalue weighted by molar-refractivity contribution is 0.158. The predicted molar refractivity (Wildman–Crippen MR) is 70.5 cm³/mol. The Balaban J connectivity index is 3.08. The predicted octanol–water partition coefficient (Wildman–Crippen LogP) is 2.04. The third kappa shape index (κ3) is 12.0. The summed E-state index contributed by atoms with van der Waals surface area (Å²) in [5.41, 5.74) is 5.38. The molecule has 98 valence electrons. The zero-order valence-electron chi connectivity index (χ0n) is 10.9. The van der Waals surface area contributed by atoms with Gasteiger partial charge in [0.15, 0.2) is 0 Å². The molecule has 0 aliphatic heterocycles. The fraction of sp³-hybridized carbons (Fsp3) is 1.00. The first-order valence-electron chi connectivity index (χ1n) is 6.90. The van der Waals surface area contributed by atoms with Gasteiger partial charge in [-0.1, -0.05) is 45.4 Å². The van der Waals surface area contributed by atoms with Crippen molar-refractivity contribution in [1.82, 2.24) is 5.32 Å². The van der Waals surface area contributed by atoms with Crippen LogP contribution in [0.15, 0.2) is 0 Å². The summed E-state index contributed by atoms with van der Waals surface area (Å²) in [6.07, 6.45) is 9.48. The molecule has 0 aliphatic carbocycles. The molecule has 4 N–H and O–H groups in total. The Bertz CT molecular complexity index is 131. The van der Waals surface area contributed by atoms with Crippen molar-refractivity contribution in [2.45, 2.75) is 64.4 Å². The molecule has 0 saturated carbocycles. The number of nitrogens with two attached hydrogens (primary N) is 1. The van der Waals surface area contributed by atoms with E-state index in [1.54, 1.807) is 0 Å². The molecule has 1 atom stereocenters. The van der Waals surface area contributed by atoms with E-state index in [4.69, 9.17) is 5.73 Å². The van der Waals surface area contributed by atoms with Gasteiger partial charge in [-0.15, -0.1) is 0 Å². The van der Waals surface area contributed by atoms with Crippen LogP contribution < -0.4 is 11.1 Å². The van der Waals surface area contributed by atoms with Crippen LogP contribution in [0, 0.1) is 0 Å². The fourth-order valence-electron chi connectivity index (χ4n) is 1.76. The molecule has 0 rings (SSSR count). The smallest absolute Gasteiger partial charge is 0.0664 e. The van der Waals surface area contributed by atoms with Crippen LogP contribution in [0.2, 0.25) is 0 Å². The molecular weight excluding hydrogens is 200 g/mol. The maximum atomic E-state index is 9.66. The maximum Gasteiger partial charge on any atom is 0.0664 e. The summed E-state index contributed by atoms with van der Waals surface area (Å²) in [5, 5.41) is 12.9. The average Bonchev–Trinajstić information content (AvgIpc) is 2.29. The van der Waals surface area contributed by atoms with E-state index in [0.29, 0.717) is 0 Å². The minimum absolute atomic E-state index is 0.177. The van der Waals surface area contributed by atoms with E-state index in [1.165, 1.54) is 32.1 Å².